The summed E-state index contributed by atoms with van der Waals surface area (Å²) in [5.74, 6) is -2.92. The normalized spacial score (nSPS) is 14.9. The molecule has 0 saturated carbocycles. The Morgan fingerprint density at radius 2 is 1.94 bits per heavy atom. The Morgan fingerprint density at radius 1 is 1.25 bits per heavy atom. The number of H-pyrrole nitrogens is 1. The number of nitrogens with two attached hydrogens (primary N) is 1. The van der Waals surface area contributed by atoms with Crippen LogP contribution in [0, 0.1) is 0 Å². The minimum Gasteiger partial charge on any atom is -0.481 e. The molecule has 8 N–H and O–H groups in total. The number of amides is 2. The van der Waals surface area contributed by atoms with Gasteiger partial charge in [0.2, 0.25) is 12.4 Å². The second kappa shape index (κ2) is 13.1. The third kappa shape index (κ3) is 7.32. The van der Waals surface area contributed by atoms with Crippen molar-refractivity contribution in [3.8, 4) is 0 Å². The molecule has 15 heteroatoms. The summed E-state index contributed by atoms with van der Waals surface area (Å²) in [5.41, 5.74) is 6.01. The fourth-order valence-corrected chi connectivity index (χ4v) is 3.61. The van der Waals surface area contributed by atoms with Crippen molar-refractivity contribution < 1.29 is 29.4 Å². The third-order valence-corrected chi connectivity index (χ3v) is 5.39. The van der Waals surface area contributed by atoms with Crippen molar-refractivity contribution in [3.05, 3.63) is 40.2 Å². The van der Waals surface area contributed by atoms with Crippen molar-refractivity contribution >= 4 is 85.1 Å². The summed E-state index contributed by atoms with van der Waals surface area (Å²) < 4.78 is 0. The Morgan fingerprint density at radius 3 is 2.56 bits per heavy atom. The molecule has 14 nitrogen and oxygen atoms in total. The number of carboxylic acid groups (broad SMARTS) is 2. The Kier molecular flexibility index (Phi) is 10.5. The van der Waals surface area contributed by atoms with Crippen molar-refractivity contribution in [2.75, 3.05) is 34.4 Å². The van der Waals surface area contributed by atoms with E-state index in [1.54, 1.807) is 12.1 Å². The van der Waals surface area contributed by atoms with E-state index in [1.807, 2.05) is 0 Å². The number of aliphatic carboxylic acids is 2. The van der Waals surface area contributed by atoms with Crippen LogP contribution in [0.1, 0.15) is 29.6 Å². The first-order chi connectivity index (χ1) is 16.7. The number of carbonyl (C=O) groups is 4. The second-order valence-corrected chi connectivity index (χ2v) is 7.79. The molecule has 36 heavy (non-hydrogen) atoms. The predicted octanol–water partition coefficient (Wildman–Crippen LogP) is -0.722. The van der Waals surface area contributed by atoms with Crippen LogP contribution in [0.2, 0.25) is 0 Å². The van der Waals surface area contributed by atoms with E-state index in [0.29, 0.717) is 31.6 Å². The molecule has 1 aliphatic heterocycles. The first-order valence-corrected chi connectivity index (χ1v) is 10.7. The number of fused-ring (bicyclic) bond motifs is 1. The van der Waals surface area contributed by atoms with E-state index in [2.05, 4.69) is 25.9 Å². The van der Waals surface area contributed by atoms with Gasteiger partial charge in [-0.2, -0.15) is 4.98 Å². The van der Waals surface area contributed by atoms with Gasteiger partial charge in [-0.15, -0.1) is 0 Å². The number of carboxylic acids is 2. The molecule has 0 aliphatic carbocycles. The van der Waals surface area contributed by atoms with Crippen molar-refractivity contribution in [1.29, 1.82) is 0 Å². The van der Waals surface area contributed by atoms with Gasteiger partial charge in [0, 0.05) is 30.8 Å². The number of nitrogens with zero attached hydrogens (tertiary/aromatic N) is 2. The number of aromatic nitrogens is 2. The molecule has 0 radical (unpaired) electrons. The Hall–Kier alpha value is -3.36. The van der Waals surface area contributed by atoms with Gasteiger partial charge in [-0.3, -0.25) is 24.2 Å². The van der Waals surface area contributed by atoms with Gasteiger partial charge in [-0.05, 0) is 37.1 Å². The van der Waals surface area contributed by atoms with E-state index in [4.69, 9.17) is 10.8 Å². The first kappa shape index (κ1) is 28.9. The molecule has 2 aromatic rings. The van der Waals surface area contributed by atoms with Gasteiger partial charge in [0.15, 0.2) is 11.5 Å². The van der Waals surface area contributed by atoms with Crippen LogP contribution < -0.4 is 32.1 Å². The molecular weight excluding hydrogens is 502 g/mol. The maximum atomic E-state index is 12.3. The minimum absolute atomic E-state index is 0. The number of carbonyl (C=O) groups excluding carboxylic acids is 2. The quantitative estimate of drug-likeness (QED) is 0.143. The number of benzene rings is 1. The first-order valence-electron chi connectivity index (χ1n) is 10.7. The predicted molar refractivity (Wildman–Crippen MR) is 131 cm³/mol. The van der Waals surface area contributed by atoms with E-state index in [0.717, 1.165) is 0 Å². The molecule has 0 saturated heterocycles. The Labute approximate surface area is 234 Å². The molecule has 0 bridgehead atoms. The van der Waals surface area contributed by atoms with Crippen LogP contribution in [-0.2, 0) is 14.4 Å². The number of hydrogen-bond acceptors (Lipinski definition) is 9. The molecule has 0 fully saturated rings. The average Bonchev–Trinajstić information content (AvgIpc) is 2.81. The number of hydrogen-bond donors (Lipinski definition) is 7. The van der Waals surface area contributed by atoms with Crippen LogP contribution in [0.3, 0.4) is 0 Å². The summed E-state index contributed by atoms with van der Waals surface area (Å²) in [6, 6.07) is 4.63. The van der Waals surface area contributed by atoms with Crippen LogP contribution in [0.5, 0.6) is 0 Å². The van der Waals surface area contributed by atoms with E-state index in [9.17, 15) is 29.1 Å². The zero-order chi connectivity index (χ0) is 25.5. The Bertz CT molecular complexity index is 1170. The molecule has 2 atom stereocenters. The molecule has 1 aliphatic rings. The molecule has 1 aromatic heterocycles. The van der Waals surface area contributed by atoms with Gasteiger partial charge >= 0.3 is 49.7 Å². The molecular formula is C21H25CaN7O7+2. The van der Waals surface area contributed by atoms with E-state index in [-0.39, 0.29) is 79.6 Å². The molecule has 2 unspecified atom stereocenters. The topological polar surface area (TPSA) is 220 Å². The monoisotopic (exact) mass is 527 g/mol. The van der Waals surface area contributed by atoms with Crippen molar-refractivity contribution in [1.82, 2.24) is 15.3 Å². The number of nitrogen functional groups attached to an aromatic ring is 1. The van der Waals surface area contributed by atoms with Crippen molar-refractivity contribution in [2.45, 2.75) is 31.3 Å². The molecule has 3 rings (SSSR count). The fourth-order valence-electron chi connectivity index (χ4n) is 3.61. The summed E-state index contributed by atoms with van der Waals surface area (Å²) in [6.07, 6.45) is 0.444. The third-order valence-electron chi connectivity index (χ3n) is 5.39. The SMILES string of the molecule is Nc1nc2c(c(=O)[nH]1)N(C=O)C(CCNc1ccc(C(=O)NC(CCC(=O)O)C(=O)O)cc1)CN2.[Ca+2]. The largest absolute Gasteiger partial charge is 2.00 e. The van der Waals surface area contributed by atoms with Crippen LogP contribution in [0.15, 0.2) is 29.1 Å². The Balaban J connectivity index is 0.00000456. The summed E-state index contributed by atoms with van der Waals surface area (Å²) in [4.78, 5) is 65.8. The maximum absolute atomic E-state index is 12.3. The zero-order valence-corrected chi connectivity index (χ0v) is 21.4. The number of aromatic amines is 1. The van der Waals surface area contributed by atoms with Crippen molar-refractivity contribution in [2.24, 2.45) is 0 Å². The second-order valence-electron chi connectivity index (χ2n) is 7.79. The summed E-state index contributed by atoms with van der Waals surface area (Å²) >= 11 is 0. The van der Waals surface area contributed by atoms with Gasteiger partial charge < -0.3 is 36.8 Å². The molecule has 1 aromatic carbocycles. The van der Waals surface area contributed by atoms with Crippen LogP contribution >= 0.6 is 0 Å². The average molecular weight is 528 g/mol. The summed E-state index contributed by atoms with van der Waals surface area (Å²) in [5, 5.41) is 26.4. The molecule has 2 amide bonds. The zero-order valence-electron chi connectivity index (χ0n) is 19.2. The van der Waals surface area contributed by atoms with Gasteiger partial charge in [0.1, 0.15) is 6.04 Å². The maximum Gasteiger partial charge on any atom is 2.00 e. The van der Waals surface area contributed by atoms with Crippen LogP contribution in [0.4, 0.5) is 23.1 Å². The minimum atomic E-state index is -1.32. The smallest absolute Gasteiger partial charge is 0.481 e. The fraction of sp³-hybridized carbons (Fsp3) is 0.333. The van der Waals surface area contributed by atoms with Gasteiger partial charge in [-0.25, -0.2) is 4.79 Å². The standard InChI is InChI=1S/C21H25N7O7.Ca/c22-21-26-17-16(19(33)27-21)28(10-29)13(9-24-17)7-8-23-12-3-1-11(2-4-12)18(32)25-14(20(34)35)5-6-15(30)31;/h1-4,10,13-14,23H,5-9H2,(H,25,32)(H,30,31)(H,34,35)(H4,22,24,26,27,33);/q;+2. The van der Waals surface area contributed by atoms with E-state index < -0.39 is 29.4 Å². The summed E-state index contributed by atoms with van der Waals surface area (Å²) in [7, 11) is 0. The number of nitrogens with one attached hydrogen (secondary N) is 4. The van der Waals surface area contributed by atoms with Crippen LogP contribution in [-0.4, -0.2) is 107 Å². The van der Waals surface area contributed by atoms with Crippen molar-refractivity contribution in [3.63, 3.8) is 0 Å². The van der Waals surface area contributed by atoms with E-state index >= 15 is 0 Å². The van der Waals surface area contributed by atoms with Crippen LogP contribution in [0.25, 0.3) is 0 Å². The molecule has 2 heterocycles. The summed E-state index contributed by atoms with van der Waals surface area (Å²) in [6.45, 7) is 0.809. The molecule has 0 spiro atoms. The van der Waals surface area contributed by atoms with Gasteiger partial charge in [0.05, 0.1) is 6.04 Å². The number of anilines is 4. The molecule has 186 valence electrons. The number of rotatable bonds is 11. The van der Waals surface area contributed by atoms with Gasteiger partial charge in [0.25, 0.3) is 11.5 Å². The van der Waals surface area contributed by atoms with E-state index in [1.165, 1.54) is 17.0 Å². The van der Waals surface area contributed by atoms with Gasteiger partial charge in [-0.1, -0.05) is 0 Å².